The van der Waals surface area contributed by atoms with Gasteiger partial charge in [-0.05, 0) is 30.5 Å². The van der Waals surface area contributed by atoms with E-state index in [-0.39, 0.29) is 5.82 Å². The second-order valence-corrected chi connectivity index (χ2v) is 3.30. The van der Waals surface area contributed by atoms with E-state index in [0.29, 0.717) is 12.4 Å². The summed E-state index contributed by atoms with van der Waals surface area (Å²) in [5.74, 6) is 0.326. The first kappa shape index (κ1) is 10.8. The van der Waals surface area contributed by atoms with Gasteiger partial charge in [0.2, 0.25) is 0 Å². The number of ether oxygens (including phenoxy) is 1. The molecule has 0 radical (unpaired) electrons. The molecule has 0 unspecified atom stereocenters. The smallest absolute Gasteiger partial charge is 0.126 e. The second-order valence-electron chi connectivity index (χ2n) is 3.30. The molecule has 0 amide bonds. The molecule has 76 valence electrons. The number of hydrogen-bond donors (Lipinski definition) is 0. The van der Waals surface area contributed by atoms with Gasteiger partial charge in [-0.15, -0.1) is 0 Å². The van der Waals surface area contributed by atoms with Crippen molar-refractivity contribution in [3.63, 3.8) is 0 Å². The summed E-state index contributed by atoms with van der Waals surface area (Å²) in [6, 6.07) is 4.54. The lowest BCUT2D eigenvalue weighted by molar-refractivity contribution is 0.344. The highest BCUT2D eigenvalue weighted by Gasteiger charge is 2.01. The molecule has 0 aromatic heterocycles. The van der Waals surface area contributed by atoms with E-state index < -0.39 is 0 Å². The van der Waals surface area contributed by atoms with Crippen molar-refractivity contribution in [2.24, 2.45) is 0 Å². The third kappa shape index (κ3) is 2.87. The van der Waals surface area contributed by atoms with Crippen LogP contribution in [0.4, 0.5) is 4.39 Å². The third-order valence-electron chi connectivity index (χ3n) is 2.08. The average molecular weight is 194 g/mol. The monoisotopic (exact) mass is 194 g/mol. The van der Waals surface area contributed by atoms with Gasteiger partial charge < -0.3 is 4.74 Å². The van der Waals surface area contributed by atoms with Gasteiger partial charge in [-0.25, -0.2) is 4.39 Å². The number of hydrogen-bond acceptors (Lipinski definition) is 1. The van der Waals surface area contributed by atoms with Gasteiger partial charge in [0.05, 0.1) is 0 Å². The van der Waals surface area contributed by atoms with E-state index in [2.05, 4.69) is 6.58 Å². The van der Waals surface area contributed by atoms with E-state index in [9.17, 15) is 4.39 Å². The molecule has 0 bridgehead atoms. The topological polar surface area (TPSA) is 9.23 Å². The van der Waals surface area contributed by atoms with Gasteiger partial charge >= 0.3 is 0 Å². The van der Waals surface area contributed by atoms with Gasteiger partial charge in [0.1, 0.15) is 18.2 Å². The fraction of sp³-hybridized carbons (Fsp3) is 0.333. The van der Waals surface area contributed by atoms with Gasteiger partial charge in [-0.2, -0.15) is 0 Å². The van der Waals surface area contributed by atoms with Gasteiger partial charge in [-0.3, -0.25) is 0 Å². The SMILES string of the molecule is C=C(CC)COc1cc(F)ccc1C. The summed E-state index contributed by atoms with van der Waals surface area (Å²) in [6.45, 7) is 8.19. The molecule has 0 aliphatic rings. The van der Waals surface area contributed by atoms with E-state index >= 15 is 0 Å². The predicted molar refractivity (Wildman–Crippen MR) is 56.1 cm³/mol. The molecule has 0 heterocycles. The zero-order valence-electron chi connectivity index (χ0n) is 8.64. The normalized spacial score (nSPS) is 9.93. The molecule has 0 atom stereocenters. The number of rotatable bonds is 4. The van der Waals surface area contributed by atoms with Crippen LogP contribution in [0.15, 0.2) is 30.4 Å². The van der Waals surface area contributed by atoms with Gasteiger partial charge in [0, 0.05) is 6.07 Å². The Morgan fingerprint density at radius 3 is 2.86 bits per heavy atom. The Labute approximate surface area is 84.2 Å². The first-order valence-electron chi connectivity index (χ1n) is 4.69. The standard InChI is InChI=1S/C12H15FO/c1-4-9(2)8-14-12-7-11(13)6-5-10(12)3/h5-7H,2,4,8H2,1,3H3. The molecule has 14 heavy (non-hydrogen) atoms. The van der Waals surface area contributed by atoms with Crippen LogP contribution in [0.25, 0.3) is 0 Å². The lowest BCUT2D eigenvalue weighted by atomic mass is 10.2. The molecule has 1 aromatic rings. The third-order valence-corrected chi connectivity index (χ3v) is 2.08. The molecule has 0 aliphatic heterocycles. The molecule has 1 aromatic carbocycles. The zero-order chi connectivity index (χ0) is 10.6. The van der Waals surface area contributed by atoms with Gasteiger partial charge in [-0.1, -0.05) is 19.6 Å². The minimum absolute atomic E-state index is 0.271. The predicted octanol–water partition coefficient (Wildman–Crippen LogP) is 3.48. The Morgan fingerprint density at radius 2 is 2.21 bits per heavy atom. The maximum absolute atomic E-state index is 12.9. The summed E-state index contributed by atoms with van der Waals surface area (Å²) in [4.78, 5) is 0. The Kier molecular flexibility index (Phi) is 3.69. The summed E-state index contributed by atoms with van der Waals surface area (Å²) in [6.07, 6.45) is 0.883. The highest BCUT2D eigenvalue weighted by atomic mass is 19.1. The Morgan fingerprint density at radius 1 is 1.50 bits per heavy atom. The first-order valence-corrected chi connectivity index (χ1v) is 4.69. The molecule has 0 saturated carbocycles. The summed E-state index contributed by atoms with van der Waals surface area (Å²) in [5, 5.41) is 0. The zero-order valence-corrected chi connectivity index (χ0v) is 8.64. The molecule has 1 nitrogen and oxygen atoms in total. The van der Waals surface area contributed by atoms with Crippen molar-refractivity contribution < 1.29 is 9.13 Å². The van der Waals surface area contributed by atoms with E-state index in [1.165, 1.54) is 12.1 Å². The Bertz CT molecular complexity index is 331. The van der Waals surface area contributed by atoms with Crippen LogP contribution in [0.1, 0.15) is 18.9 Å². The highest BCUT2D eigenvalue weighted by Crippen LogP contribution is 2.19. The van der Waals surface area contributed by atoms with Crippen LogP contribution in [0.2, 0.25) is 0 Å². The molecular weight excluding hydrogens is 179 g/mol. The van der Waals surface area contributed by atoms with E-state index in [1.807, 2.05) is 13.8 Å². The van der Waals surface area contributed by atoms with Crippen molar-refractivity contribution >= 4 is 0 Å². The fourth-order valence-corrected chi connectivity index (χ4v) is 1.01. The molecule has 0 fully saturated rings. The van der Waals surface area contributed by atoms with Crippen molar-refractivity contribution in [1.82, 2.24) is 0 Å². The molecule has 0 spiro atoms. The summed E-state index contributed by atoms with van der Waals surface area (Å²) in [5.41, 5.74) is 1.95. The van der Waals surface area contributed by atoms with E-state index in [0.717, 1.165) is 17.6 Å². The highest BCUT2D eigenvalue weighted by molar-refractivity contribution is 5.32. The van der Waals surface area contributed by atoms with Crippen LogP contribution in [0, 0.1) is 12.7 Å². The number of halogens is 1. The van der Waals surface area contributed by atoms with Crippen LogP contribution in [0.5, 0.6) is 5.75 Å². The first-order chi connectivity index (χ1) is 6.63. The minimum Gasteiger partial charge on any atom is -0.489 e. The maximum Gasteiger partial charge on any atom is 0.126 e. The molecule has 0 saturated heterocycles. The van der Waals surface area contributed by atoms with Crippen LogP contribution >= 0.6 is 0 Å². The molecule has 1 rings (SSSR count). The quantitative estimate of drug-likeness (QED) is 0.667. The maximum atomic E-state index is 12.9. The van der Waals surface area contributed by atoms with E-state index in [4.69, 9.17) is 4.74 Å². The molecule has 0 N–H and O–H groups in total. The van der Waals surface area contributed by atoms with Crippen molar-refractivity contribution in [3.8, 4) is 5.75 Å². The van der Waals surface area contributed by atoms with Crippen LogP contribution in [0.3, 0.4) is 0 Å². The minimum atomic E-state index is -0.271. The molecule has 0 aliphatic carbocycles. The average Bonchev–Trinajstić information content (AvgIpc) is 2.19. The van der Waals surface area contributed by atoms with Gasteiger partial charge in [0.15, 0.2) is 0 Å². The number of aryl methyl sites for hydroxylation is 1. The summed E-state index contributed by atoms with van der Waals surface area (Å²) in [7, 11) is 0. The fourth-order valence-electron chi connectivity index (χ4n) is 1.01. The second kappa shape index (κ2) is 4.80. The lowest BCUT2D eigenvalue weighted by Crippen LogP contribution is -2.01. The lowest BCUT2D eigenvalue weighted by Gasteiger charge is -2.09. The van der Waals surface area contributed by atoms with Crippen molar-refractivity contribution in [3.05, 3.63) is 41.7 Å². The molecular formula is C12H15FO. The molecule has 2 heteroatoms. The largest absolute Gasteiger partial charge is 0.489 e. The summed E-state index contributed by atoms with van der Waals surface area (Å²) >= 11 is 0. The Balaban J connectivity index is 2.66. The van der Waals surface area contributed by atoms with Crippen molar-refractivity contribution in [2.75, 3.05) is 6.61 Å². The van der Waals surface area contributed by atoms with E-state index in [1.54, 1.807) is 6.07 Å². The Hall–Kier alpha value is -1.31. The summed E-state index contributed by atoms with van der Waals surface area (Å²) < 4.78 is 18.3. The number of benzene rings is 1. The van der Waals surface area contributed by atoms with Crippen LogP contribution < -0.4 is 4.74 Å². The van der Waals surface area contributed by atoms with Crippen LogP contribution in [-0.4, -0.2) is 6.61 Å². The van der Waals surface area contributed by atoms with Crippen LogP contribution in [-0.2, 0) is 0 Å². The van der Waals surface area contributed by atoms with Crippen molar-refractivity contribution in [2.45, 2.75) is 20.3 Å². The van der Waals surface area contributed by atoms with Gasteiger partial charge in [0.25, 0.3) is 0 Å². The van der Waals surface area contributed by atoms with Crippen molar-refractivity contribution in [1.29, 1.82) is 0 Å².